The lowest BCUT2D eigenvalue weighted by molar-refractivity contribution is 0.0740. The Morgan fingerprint density at radius 1 is 1.89 bits per heavy atom. The SMILES string of the molecule is O=C(OCl)c1ccon1. The van der Waals surface area contributed by atoms with E-state index < -0.39 is 5.97 Å². The zero-order valence-electron chi connectivity index (χ0n) is 4.20. The number of hydrogen-bond acceptors (Lipinski definition) is 4. The van der Waals surface area contributed by atoms with Crippen LogP contribution in [0.25, 0.3) is 0 Å². The Kier molecular flexibility index (Phi) is 1.69. The van der Waals surface area contributed by atoms with Crippen molar-refractivity contribution in [2.75, 3.05) is 0 Å². The number of hydrogen-bond donors (Lipinski definition) is 0. The molecule has 0 atom stereocenters. The third-order valence-corrected chi connectivity index (χ3v) is 0.857. The van der Waals surface area contributed by atoms with Crippen LogP contribution in [0.15, 0.2) is 16.9 Å². The normalized spacial score (nSPS) is 9.00. The van der Waals surface area contributed by atoms with Gasteiger partial charge in [-0.05, 0) is 0 Å². The molecule has 0 N–H and O–H groups in total. The smallest absolute Gasteiger partial charge is 0.364 e. The van der Waals surface area contributed by atoms with Gasteiger partial charge in [-0.25, -0.2) is 4.79 Å². The fourth-order valence-corrected chi connectivity index (χ4v) is 0.436. The van der Waals surface area contributed by atoms with E-state index in [-0.39, 0.29) is 5.69 Å². The number of aromatic nitrogens is 1. The van der Waals surface area contributed by atoms with Gasteiger partial charge >= 0.3 is 5.97 Å². The second-order valence-corrected chi connectivity index (χ2v) is 1.40. The highest BCUT2D eigenvalue weighted by Gasteiger charge is 2.08. The molecule has 0 aliphatic rings. The van der Waals surface area contributed by atoms with Crippen molar-refractivity contribution in [3.05, 3.63) is 18.0 Å². The molecular formula is C4H2ClNO3. The predicted molar refractivity (Wildman–Crippen MR) is 27.8 cm³/mol. The number of rotatable bonds is 1. The van der Waals surface area contributed by atoms with Crippen LogP contribution in [-0.2, 0) is 4.29 Å². The molecule has 0 aromatic carbocycles. The van der Waals surface area contributed by atoms with E-state index in [1.54, 1.807) is 0 Å². The summed E-state index contributed by atoms with van der Waals surface area (Å²) in [5.74, 6) is -0.717. The summed E-state index contributed by atoms with van der Waals surface area (Å²) in [6.45, 7) is 0. The molecule has 0 radical (unpaired) electrons. The lowest BCUT2D eigenvalue weighted by Gasteiger charge is -1.83. The average molecular weight is 148 g/mol. The molecule has 1 aromatic rings. The molecule has 0 saturated heterocycles. The van der Waals surface area contributed by atoms with Gasteiger partial charge in [0.1, 0.15) is 18.1 Å². The minimum atomic E-state index is -0.717. The van der Waals surface area contributed by atoms with Gasteiger partial charge in [-0.2, -0.15) is 0 Å². The molecular weight excluding hydrogens is 146 g/mol. The van der Waals surface area contributed by atoms with Crippen LogP contribution in [0.5, 0.6) is 0 Å². The van der Waals surface area contributed by atoms with Crippen molar-refractivity contribution < 1.29 is 13.6 Å². The maximum absolute atomic E-state index is 10.4. The molecule has 1 heterocycles. The zero-order chi connectivity index (χ0) is 6.69. The monoisotopic (exact) mass is 147 g/mol. The molecule has 0 aliphatic carbocycles. The first-order valence-electron chi connectivity index (χ1n) is 2.08. The lowest BCUT2D eigenvalue weighted by atomic mass is 10.5. The third kappa shape index (κ3) is 1.20. The fraction of sp³-hybridized carbons (Fsp3) is 0. The molecule has 9 heavy (non-hydrogen) atoms. The summed E-state index contributed by atoms with van der Waals surface area (Å²) in [6, 6.07) is 1.35. The standard InChI is InChI=1S/C4H2ClNO3/c5-9-4(7)3-1-2-8-6-3/h1-2H. The van der Waals surface area contributed by atoms with Crippen LogP contribution in [0.4, 0.5) is 0 Å². The highest BCUT2D eigenvalue weighted by atomic mass is 35.5. The van der Waals surface area contributed by atoms with Crippen LogP contribution in [0.3, 0.4) is 0 Å². The predicted octanol–water partition coefficient (Wildman–Crippen LogP) is 0.985. The molecule has 48 valence electrons. The molecule has 5 heteroatoms. The summed E-state index contributed by atoms with van der Waals surface area (Å²) < 4.78 is 8.13. The second-order valence-electron chi connectivity index (χ2n) is 1.25. The van der Waals surface area contributed by atoms with Crippen molar-refractivity contribution in [3.63, 3.8) is 0 Å². The minimum Gasteiger partial charge on any atom is -0.364 e. The van der Waals surface area contributed by atoms with Crippen molar-refractivity contribution in [3.8, 4) is 0 Å². The molecule has 1 rings (SSSR count). The maximum Gasteiger partial charge on any atom is 0.378 e. The van der Waals surface area contributed by atoms with Crippen molar-refractivity contribution in [2.24, 2.45) is 0 Å². The molecule has 0 fully saturated rings. The van der Waals surface area contributed by atoms with E-state index in [0.29, 0.717) is 0 Å². The lowest BCUT2D eigenvalue weighted by Crippen LogP contribution is -1.96. The van der Waals surface area contributed by atoms with Gasteiger partial charge in [0, 0.05) is 6.07 Å². The Labute approximate surface area is 55.5 Å². The summed E-state index contributed by atoms with van der Waals surface area (Å²) in [4.78, 5) is 10.4. The van der Waals surface area contributed by atoms with Crippen molar-refractivity contribution in [1.29, 1.82) is 0 Å². The first kappa shape index (κ1) is 6.10. The Balaban J connectivity index is 2.77. The van der Waals surface area contributed by atoms with Crippen molar-refractivity contribution in [1.82, 2.24) is 5.16 Å². The summed E-state index contributed by atoms with van der Waals surface area (Å²) in [5.41, 5.74) is 0.0602. The highest BCUT2D eigenvalue weighted by Crippen LogP contribution is 1.97. The Morgan fingerprint density at radius 3 is 3.11 bits per heavy atom. The minimum absolute atomic E-state index is 0.0602. The zero-order valence-corrected chi connectivity index (χ0v) is 4.96. The van der Waals surface area contributed by atoms with E-state index in [1.165, 1.54) is 12.3 Å². The molecule has 4 nitrogen and oxygen atoms in total. The Bertz CT molecular complexity index is 196. The third-order valence-electron chi connectivity index (χ3n) is 0.717. The van der Waals surface area contributed by atoms with Gasteiger partial charge in [-0.15, -0.1) is 0 Å². The molecule has 0 bridgehead atoms. The summed E-state index contributed by atoms with van der Waals surface area (Å²) in [7, 11) is 0. The highest BCUT2D eigenvalue weighted by molar-refractivity contribution is 6.15. The van der Waals surface area contributed by atoms with Crippen LogP contribution in [0.1, 0.15) is 10.5 Å². The summed E-state index contributed by atoms with van der Waals surface area (Å²) >= 11 is 4.71. The average Bonchev–Trinajstić information content (AvgIpc) is 2.37. The van der Waals surface area contributed by atoms with Crippen LogP contribution in [0.2, 0.25) is 0 Å². The van der Waals surface area contributed by atoms with Crippen LogP contribution < -0.4 is 0 Å². The first-order chi connectivity index (χ1) is 4.34. The quantitative estimate of drug-likeness (QED) is 0.594. The summed E-state index contributed by atoms with van der Waals surface area (Å²) in [5, 5.41) is 3.25. The van der Waals surface area contributed by atoms with Gasteiger partial charge in [-0.1, -0.05) is 5.16 Å². The fourth-order valence-electron chi connectivity index (χ4n) is 0.357. The van der Waals surface area contributed by atoms with E-state index >= 15 is 0 Å². The maximum atomic E-state index is 10.4. The van der Waals surface area contributed by atoms with Crippen LogP contribution >= 0.6 is 11.9 Å². The van der Waals surface area contributed by atoms with E-state index in [1.807, 2.05) is 0 Å². The van der Waals surface area contributed by atoms with Gasteiger partial charge in [0.05, 0.1) is 0 Å². The van der Waals surface area contributed by atoms with E-state index in [4.69, 9.17) is 11.9 Å². The van der Waals surface area contributed by atoms with Crippen LogP contribution in [0, 0.1) is 0 Å². The molecule has 0 saturated carbocycles. The van der Waals surface area contributed by atoms with Crippen LogP contribution in [-0.4, -0.2) is 11.1 Å². The topological polar surface area (TPSA) is 52.3 Å². The number of carbonyl (C=O) groups excluding carboxylic acids is 1. The van der Waals surface area contributed by atoms with E-state index in [9.17, 15) is 4.79 Å². The number of halogens is 1. The number of nitrogens with zero attached hydrogens (tertiary/aromatic N) is 1. The number of carbonyl (C=O) groups is 1. The molecule has 1 aromatic heterocycles. The van der Waals surface area contributed by atoms with Gasteiger partial charge in [0.15, 0.2) is 5.69 Å². The van der Waals surface area contributed by atoms with Crippen molar-refractivity contribution >= 4 is 17.8 Å². The van der Waals surface area contributed by atoms with Crippen molar-refractivity contribution in [2.45, 2.75) is 0 Å². The molecule has 0 aliphatic heterocycles. The van der Waals surface area contributed by atoms with Gasteiger partial charge in [-0.3, -0.25) is 0 Å². The molecule has 0 amide bonds. The summed E-state index contributed by atoms with van der Waals surface area (Å²) in [6.07, 6.45) is 1.25. The van der Waals surface area contributed by atoms with E-state index in [2.05, 4.69) is 14.0 Å². The second kappa shape index (κ2) is 2.50. The van der Waals surface area contributed by atoms with Gasteiger partial charge < -0.3 is 8.81 Å². The molecule has 0 spiro atoms. The Morgan fingerprint density at radius 2 is 2.67 bits per heavy atom. The van der Waals surface area contributed by atoms with E-state index in [0.717, 1.165) is 0 Å². The first-order valence-corrected chi connectivity index (χ1v) is 2.39. The van der Waals surface area contributed by atoms with Gasteiger partial charge in [0.2, 0.25) is 0 Å². The van der Waals surface area contributed by atoms with Gasteiger partial charge in [0.25, 0.3) is 0 Å². The largest absolute Gasteiger partial charge is 0.378 e. The Hall–Kier alpha value is -1.03. The molecule has 0 unspecified atom stereocenters.